The number of nitrogens with zero attached hydrogens (tertiary/aromatic N) is 3. The first kappa shape index (κ1) is 13.3. The van der Waals surface area contributed by atoms with Crippen LogP contribution in [0, 0.1) is 0 Å². The fourth-order valence-electron chi connectivity index (χ4n) is 2.03. The SMILES string of the molecule is O=C(O)c1ccc(Cl)c(-c2cnnn2-c2ccccc2)c1. The van der Waals surface area contributed by atoms with Gasteiger partial charge in [-0.3, -0.25) is 0 Å². The number of para-hydroxylation sites is 1. The van der Waals surface area contributed by atoms with E-state index in [2.05, 4.69) is 10.3 Å². The maximum Gasteiger partial charge on any atom is 0.335 e. The first-order valence-electron chi connectivity index (χ1n) is 6.16. The van der Waals surface area contributed by atoms with Crippen molar-refractivity contribution in [1.29, 1.82) is 0 Å². The van der Waals surface area contributed by atoms with E-state index in [-0.39, 0.29) is 5.56 Å². The quantitative estimate of drug-likeness (QED) is 0.806. The van der Waals surface area contributed by atoms with Crippen LogP contribution in [-0.4, -0.2) is 26.1 Å². The third kappa shape index (κ3) is 2.51. The highest BCUT2D eigenvalue weighted by Gasteiger charge is 2.14. The second-order valence-corrected chi connectivity index (χ2v) is 4.77. The summed E-state index contributed by atoms with van der Waals surface area (Å²) in [6.07, 6.45) is 1.56. The van der Waals surface area contributed by atoms with Crippen LogP contribution >= 0.6 is 11.6 Å². The molecule has 0 aliphatic heterocycles. The lowest BCUT2D eigenvalue weighted by Gasteiger charge is -2.08. The molecule has 1 heterocycles. The van der Waals surface area contributed by atoms with Gasteiger partial charge in [-0.2, -0.15) is 0 Å². The smallest absolute Gasteiger partial charge is 0.335 e. The molecular formula is C15H10ClN3O2. The van der Waals surface area contributed by atoms with E-state index in [1.165, 1.54) is 12.1 Å². The van der Waals surface area contributed by atoms with Crippen LogP contribution in [0.4, 0.5) is 0 Å². The molecule has 0 saturated heterocycles. The van der Waals surface area contributed by atoms with Crippen molar-refractivity contribution >= 4 is 17.6 Å². The molecule has 2 aromatic carbocycles. The number of halogens is 1. The molecule has 1 aromatic heterocycles. The molecule has 3 rings (SSSR count). The Morgan fingerprint density at radius 3 is 2.62 bits per heavy atom. The Morgan fingerprint density at radius 1 is 1.14 bits per heavy atom. The lowest BCUT2D eigenvalue weighted by Crippen LogP contribution is -2.01. The number of hydrogen-bond donors (Lipinski definition) is 1. The summed E-state index contributed by atoms with van der Waals surface area (Å²) in [5.41, 5.74) is 2.19. The van der Waals surface area contributed by atoms with Crippen molar-refractivity contribution in [1.82, 2.24) is 15.0 Å². The lowest BCUT2D eigenvalue weighted by molar-refractivity contribution is 0.0697. The third-order valence-corrected chi connectivity index (χ3v) is 3.37. The summed E-state index contributed by atoms with van der Waals surface area (Å²) in [6.45, 7) is 0. The molecule has 3 aromatic rings. The average molecular weight is 300 g/mol. The molecule has 0 fully saturated rings. The zero-order chi connectivity index (χ0) is 14.8. The molecule has 0 radical (unpaired) electrons. The van der Waals surface area contributed by atoms with E-state index >= 15 is 0 Å². The molecule has 0 bridgehead atoms. The van der Waals surface area contributed by atoms with E-state index in [4.69, 9.17) is 16.7 Å². The van der Waals surface area contributed by atoms with Crippen LogP contribution in [0.15, 0.2) is 54.7 Å². The molecule has 0 amide bonds. The van der Waals surface area contributed by atoms with Gasteiger partial charge >= 0.3 is 5.97 Å². The van der Waals surface area contributed by atoms with Crippen molar-refractivity contribution in [3.8, 4) is 16.9 Å². The number of hydrogen-bond acceptors (Lipinski definition) is 3. The van der Waals surface area contributed by atoms with Gasteiger partial charge in [-0.1, -0.05) is 35.0 Å². The number of carboxylic acid groups (broad SMARTS) is 1. The zero-order valence-electron chi connectivity index (χ0n) is 10.8. The van der Waals surface area contributed by atoms with Crippen molar-refractivity contribution in [2.75, 3.05) is 0 Å². The topological polar surface area (TPSA) is 68.0 Å². The molecule has 5 nitrogen and oxygen atoms in total. The highest BCUT2D eigenvalue weighted by Crippen LogP contribution is 2.29. The number of carboxylic acids is 1. The Kier molecular flexibility index (Phi) is 3.41. The number of carbonyl (C=O) groups is 1. The Balaban J connectivity index is 2.17. The van der Waals surface area contributed by atoms with E-state index in [1.54, 1.807) is 16.9 Å². The largest absolute Gasteiger partial charge is 0.478 e. The van der Waals surface area contributed by atoms with Gasteiger partial charge in [0.2, 0.25) is 0 Å². The van der Waals surface area contributed by atoms with Gasteiger partial charge in [0.1, 0.15) is 0 Å². The highest BCUT2D eigenvalue weighted by molar-refractivity contribution is 6.33. The van der Waals surface area contributed by atoms with Crippen LogP contribution in [0.3, 0.4) is 0 Å². The maximum absolute atomic E-state index is 11.1. The summed E-state index contributed by atoms with van der Waals surface area (Å²) < 4.78 is 1.62. The fraction of sp³-hybridized carbons (Fsp3) is 0. The Bertz CT molecular complexity index is 800. The van der Waals surface area contributed by atoms with Crippen LogP contribution in [0.5, 0.6) is 0 Å². The van der Waals surface area contributed by atoms with Crippen molar-refractivity contribution in [3.05, 3.63) is 65.3 Å². The lowest BCUT2D eigenvalue weighted by atomic mass is 10.1. The van der Waals surface area contributed by atoms with Crippen LogP contribution < -0.4 is 0 Å². The van der Waals surface area contributed by atoms with Gasteiger partial charge in [-0.25, -0.2) is 9.48 Å². The molecule has 21 heavy (non-hydrogen) atoms. The molecule has 0 spiro atoms. The van der Waals surface area contributed by atoms with Gasteiger partial charge in [0, 0.05) is 5.56 Å². The maximum atomic E-state index is 11.1. The molecule has 104 valence electrons. The van der Waals surface area contributed by atoms with E-state index < -0.39 is 5.97 Å². The molecule has 0 aliphatic rings. The first-order valence-corrected chi connectivity index (χ1v) is 6.54. The first-order chi connectivity index (χ1) is 10.2. The number of aromatic carboxylic acids is 1. The van der Waals surface area contributed by atoms with Gasteiger partial charge in [0.15, 0.2) is 0 Å². The zero-order valence-corrected chi connectivity index (χ0v) is 11.5. The summed E-state index contributed by atoms with van der Waals surface area (Å²) in [7, 11) is 0. The normalized spacial score (nSPS) is 10.5. The van der Waals surface area contributed by atoms with Crippen LogP contribution in [-0.2, 0) is 0 Å². The second-order valence-electron chi connectivity index (χ2n) is 4.37. The van der Waals surface area contributed by atoms with Gasteiger partial charge in [0.05, 0.1) is 28.2 Å². The molecule has 6 heteroatoms. The second kappa shape index (κ2) is 5.38. The van der Waals surface area contributed by atoms with Crippen molar-refractivity contribution in [2.45, 2.75) is 0 Å². The number of aromatic nitrogens is 3. The van der Waals surface area contributed by atoms with Crippen LogP contribution in [0.1, 0.15) is 10.4 Å². The summed E-state index contributed by atoms with van der Waals surface area (Å²) in [5.74, 6) is -1.01. The minimum absolute atomic E-state index is 0.162. The molecule has 0 saturated carbocycles. The summed E-state index contributed by atoms with van der Waals surface area (Å²) in [6, 6.07) is 14.0. The Morgan fingerprint density at radius 2 is 1.90 bits per heavy atom. The Hall–Kier alpha value is -2.66. The van der Waals surface area contributed by atoms with Gasteiger partial charge in [-0.15, -0.1) is 5.10 Å². The predicted octanol–water partition coefficient (Wildman–Crippen LogP) is 3.29. The molecule has 0 aliphatic carbocycles. The van der Waals surface area contributed by atoms with Gasteiger partial charge < -0.3 is 5.11 Å². The Labute approximate surface area is 125 Å². The van der Waals surface area contributed by atoms with Gasteiger partial charge in [0.25, 0.3) is 0 Å². The van der Waals surface area contributed by atoms with Crippen molar-refractivity contribution in [3.63, 3.8) is 0 Å². The summed E-state index contributed by atoms with van der Waals surface area (Å²) >= 11 is 6.19. The average Bonchev–Trinajstić information content (AvgIpc) is 2.97. The third-order valence-electron chi connectivity index (χ3n) is 3.04. The monoisotopic (exact) mass is 299 g/mol. The summed E-state index contributed by atoms with van der Waals surface area (Å²) in [4.78, 5) is 11.1. The summed E-state index contributed by atoms with van der Waals surface area (Å²) in [5, 5.41) is 17.5. The van der Waals surface area contributed by atoms with E-state index in [0.29, 0.717) is 16.3 Å². The molecule has 0 atom stereocenters. The molecular weight excluding hydrogens is 290 g/mol. The van der Waals surface area contributed by atoms with E-state index in [9.17, 15) is 4.79 Å². The predicted molar refractivity (Wildman–Crippen MR) is 78.8 cm³/mol. The molecule has 0 unspecified atom stereocenters. The molecule has 1 N–H and O–H groups in total. The number of benzene rings is 2. The standard InChI is InChI=1S/C15H10ClN3O2/c16-13-7-6-10(15(20)21)8-12(13)14-9-17-18-19(14)11-4-2-1-3-5-11/h1-9H,(H,20,21). The van der Waals surface area contributed by atoms with E-state index in [1.807, 2.05) is 30.3 Å². The minimum Gasteiger partial charge on any atom is -0.478 e. The van der Waals surface area contributed by atoms with Crippen molar-refractivity contribution < 1.29 is 9.90 Å². The van der Waals surface area contributed by atoms with Crippen molar-refractivity contribution in [2.24, 2.45) is 0 Å². The van der Waals surface area contributed by atoms with E-state index in [0.717, 1.165) is 5.69 Å². The van der Waals surface area contributed by atoms with Crippen LogP contribution in [0.25, 0.3) is 16.9 Å². The highest BCUT2D eigenvalue weighted by atomic mass is 35.5. The number of rotatable bonds is 3. The van der Waals surface area contributed by atoms with Gasteiger partial charge in [-0.05, 0) is 30.3 Å². The fourth-order valence-corrected chi connectivity index (χ4v) is 2.25. The van der Waals surface area contributed by atoms with Crippen LogP contribution in [0.2, 0.25) is 5.02 Å². The minimum atomic E-state index is -1.01.